The van der Waals surface area contributed by atoms with Gasteiger partial charge in [0.05, 0.1) is 4.92 Å². The molecule has 68 valence electrons. The maximum absolute atomic E-state index is 10.4. The predicted octanol–water partition coefficient (Wildman–Crippen LogP) is 1.77. The van der Waals surface area contributed by atoms with Crippen LogP contribution in [0.15, 0.2) is 29.2 Å². The molecule has 1 amide bonds. The molecule has 13 heavy (non-hydrogen) atoms. The summed E-state index contributed by atoms with van der Waals surface area (Å²) in [6.45, 7) is 0. The van der Waals surface area contributed by atoms with Crippen molar-refractivity contribution in [2.45, 2.75) is 4.90 Å². The minimum Gasteiger partial charge on any atom is -0.360 e. The fourth-order valence-corrected chi connectivity index (χ4v) is 1.26. The highest BCUT2D eigenvalue weighted by atomic mass is 32.2. The molecule has 0 heterocycles. The number of benzene rings is 1. The zero-order chi connectivity index (χ0) is 9.84. The normalized spacial score (nSPS) is 9.54. The molecule has 0 aliphatic carbocycles. The number of carbonyl (C=O) groups is 1. The van der Waals surface area contributed by atoms with Crippen molar-refractivity contribution in [2.75, 3.05) is 0 Å². The molecule has 0 fully saturated rings. The molecule has 0 spiro atoms. The number of nitrogens with zero attached hydrogens (tertiary/aromatic N) is 1. The van der Waals surface area contributed by atoms with E-state index in [0.717, 1.165) is 11.8 Å². The number of nitro groups is 1. The molecule has 0 aromatic heterocycles. The minimum atomic E-state index is -0.533. The second kappa shape index (κ2) is 3.90. The van der Waals surface area contributed by atoms with Gasteiger partial charge in [0.25, 0.3) is 10.9 Å². The van der Waals surface area contributed by atoms with Gasteiger partial charge in [0, 0.05) is 17.0 Å². The van der Waals surface area contributed by atoms with Crippen molar-refractivity contribution in [2.24, 2.45) is 5.73 Å². The summed E-state index contributed by atoms with van der Waals surface area (Å²) in [7, 11) is 0. The highest BCUT2D eigenvalue weighted by molar-refractivity contribution is 8.13. The molecule has 0 saturated heterocycles. The minimum absolute atomic E-state index is 0.00572. The molecular formula is C7H6N2O3S. The molecule has 0 radical (unpaired) electrons. The molecule has 1 rings (SSSR count). The summed E-state index contributed by atoms with van der Waals surface area (Å²) in [6.07, 6.45) is 0. The Hall–Kier alpha value is -1.56. The number of hydrogen-bond acceptors (Lipinski definition) is 4. The van der Waals surface area contributed by atoms with Crippen LogP contribution in [-0.2, 0) is 0 Å². The molecule has 1 aromatic rings. The molecule has 0 saturated carbocycles. The van der Waals surface area contributed by atoms with Gasteiger partial charge in [-0.2, -0.15) is 0 Å². The molecule has 6 heteroatoms. The summed E-state index contributed by atoms with van der Waals surface area (Å²) in [5, 5.41) is 9.71. The van der Waals surface area contributed by atoms with E-state index in [1.165, 1.54) is 24.3 Å². The molecule has 0 atom stereocenters. The van der Waals surface area contributed by atoms with Gasteiger partial charge in [-0.05, 0) is 23.9 Å². The zero-order valence-electron chi connectivity index (χ0n) is 6.47. The van der Waals surface area contributed by atoms with Crippen molar-refractivity contribution < 1.29 is 9.72 Å². The second-order valence-electron chi connectivity index (χ2n) is 2.17. The van der Waals surface area contributed by atoms with Crippen LogP contribution in [0.2, 0.25) is 0 Å². The summed E-state index contributed by atoms with van der Waals surface area (Å²) >= 11 is 0.835. The van der Waals surface area contributed by atoms with Gasteiger partial charge in [0.15, 0.2) is 0 Å². The number of hydrogen-bond donors (Lipinski definition) is 1. The molecular weight excluding hydrogens is 192 g/mol. The average molecular weight is 198 g/mol. The third-order valence-corrected chi connectivity index (χ3v) is 1.98. The summed E-state index contributed by atoms with van der Waals surface area (Å²) in [5.41, 5.74) is 4.91. The van der Waals surface area contributed by atoms with Crippen LogP contribution in [-0.4, -0.2) is 10.2 Å². The van der Waals surface area contributed by atoms with E-state index in [1.807, 2.05) is 0 Å². The van der Waals surface area contributed by atoms with Gasteiger partial charge < -0.3 is 5.73 Å². The molecule has 0 unspecified atom stereocenters. The highest BCUT2D eigenvalue weighted by Crippen LogP contribution is 2.20. The number of nitro benzene ring substituents is 1. The number of amides is 1. The molecule has 0 aliphatic rings. The van der Waals surface area contributed by atoms with E-state index in [4.69, 9.17) is 5.73 Å². The Kier molecular flexibility index (Phi) is 2.86. The molecule has 0 bridgehead atoms. The lowest BCUT2D eigenvalue weighted by Crippen LogP contribution is -2.01. The molecule has 2 N–H and O–H groups in total. The van der Waals surface area contributed by atoms with Gasteiger partial charge in [-0.15, -0.1) is 0 Å². The van der Waals surface area contributed by atoms with E-state index in [9.17, 15) is 14.9 Å². The number of thioether (sulfide) groups is 1. The number of nitrogens with two attached hydrogens (primary N) is 1. The maximum Gasteiger partial charge on any atom is 0.281 e. The van der Waals surface area contributed by atoms with Crippen LogP contribution in [0.1, 0.15) is 0 Å². The number of rotatable bonds is 2. The van der Waals surface area contributed by atoms with Crippen molar-refractivity contribution >= 4 is 22.7 Å². The van der Waals surface area contributed by atoms with E-state index >= 15 is 0 Å². The summed E-state index contributed by atoms with van der Waals surface area (Å²) in [5.74, 6) is 0. The van der Waals surface area contributed by atoms with Crippen LogP contribution in [0.5, 0.6) is 0 Å². The van der Waals surface area contributed by atoms with E-state index in [0.29, 0.717) is 4.90 Å². The van der Waals surface area contributed by atoms with Gasteiger partial charge in [-0.1, -0.05) is 0 Å². The van der Waals surface area contributed by atoms with Crippen LogP contribution in [0, 0.1) is 10.1 Å². The van der Waals surface area contributed by atoms with Crippen molar-refractivity contribution in [3.8, 4) is 0 Å². The Morgan fingerprint density at radius 1 is 1.38 bits per heavy atom. The summed E-state index contributed by atoms with van der Waals surface area (Å²) in [6, 6.07) is 5.61. The van der Waals surface area contributed by atoms with Gasteiger partial charge in [-0.3, -0.25) is 14.9 Å². The fourth-order valence-electron chi connectivity index (χ4n) is 0.752. The van der Waals surface area contributed by atoms with E-state index in [2.05, 4.69) is 0 Å². The fraction of sp³-hybridized carbons (Fsp3) is 0. The van der Waals surface area contributed by atoms with Gasteiger partial charge in [-0.25, -0.2) is 0 Å². The van der Waals surface area contributed by atoms with Gasteiger partial charge in [0.2, 0.25) is 0 Å². The van der Waals surface area contributed by atoms with Crippen LogP contribution in [0.4, 0.5) is 10.5 Å². The summed E-state index contributed by atoms with van der Waals surface area (Å²) < 4.78 is 0. The van der Waals surface area contributed by atoms with Crippen molar-refractivity contribution in [3.63, 3.8) is 0 Å². The highest BCUT2D eigenvalue weighted by Gasteiger charge is 2.05. The van der Waals surface area contributed by atoms with E-state index in [-0.39, 0.29) is 5.69 Å². The number of carbonyl (C=O) groups excluding carboxylic acids is 1. The van der Waals surface area contributed by atoms with Crippen molar-refractivity contribution in [1.29, 1.82) is 0 Å². The third kappa shape index (κ3) is 2.75. The van der Waals surface area contributed by atoms with Crippen molar-refractivity contribution in [3.05, 3.63) is 34.4 Å². The number of primary amides is 1. The SMILES string of the molecule is NC(=O)Sc1ccc([N+](=O)[O-])cc1. The van der Waals surface area contributed by atoms with Crippen LogP contribution >= 0.6 is 11.8 Å². The first kappa shape index (κ1) is 9.53. The zero-order valence-corrected chi connectivity index (χ0v) is 7.28. The maximum atomic E-state index is 10.4. The monoisotopic (exact) mass is 198 g/mol. The first-order valence-corrected chi connectivity index (χ1v) is 4.13. The van der Waals surface area contributed by atoms with Gasteiger partial charge >= 0.3 is 0 Å². The van der Waals surface area contributed by atoms with Crippen molar-refractivity contribution in [1.82, 2.24) is 0 Å². The van der Waals surface area contributed by atoms with Crippen LogP contribution in [0.25, 0.3) is 0 Å². The lowest BCUT2D eigenvalue weighted by molar-refractivity contribution is -0.384. The van der Waals surface area contributed by atoms with Crippen LogP contribution < -0.4 is 5.73 Å². The average Bonchev–Trinajstić information content (AvgIpc) is 2.04. The predicted molar refractivity (Wildman–Crippen MR) is 48.5 cm³/mol. The Balaban J connectivity index is 2.81. The first-order valence-electron chi connectivity index (χ1n) is 3.31. The summed E-state index contributed by atoms with van der Waals surface area (Å²) in [4.78, 5) is 20.8. The Labute approximate surface area is 78.1 Å². The molecule has 0 aliphatic heterocycles. The lowest BCUT2D eigenvalue weighted by Gasteiger charge is -1.95. The van der Waals surface area contributed by atoms with E-state index < -0.39 is 10.2 Å². The lowest BCUT2D eigenvalue weighted by atomic mass is 10.3. The molecule has 5 nitrogen and oxygen atoms in total. The largest absolute Gasteiger partial charge is 0.360 e. The first-order chi connectivity index (χ1) is 6.09. The standard InChI is InChI=1S/C7H6N2O3S/c8-7(10)13-6-3-1-5(2-4-6)9(11)12/h1-4H,(H2,8,10). The van der Waals surface area contributed by atoms with Gasteiger partial charge in [0.1, 0.15) is 0 Å². The quantitative estimate of drug-likeness (QED) is 0.445. The van der Waals surface area contributed by atoms with E-state index in [1.54, 1.807) is 0 Å². The second-order valence-corrected chi connectivity index (χ2v) is 3.25. The third-order valence-electron chi connectivity index (χ3n) is 1.27. The molecule has 1 aromatic carbocycles. The smallest absolute Gasteiger partial charge is 0.281 e. The number of non-ortho nitro benzene ring substituents is 1. The Morgan fingerprint density at radius 3 is 2.31 bits per heavy atom. The van der Waals surface area contributed by atoms with Crippen LogP contribution in [0.3, 0.4) is 0 Å². The topological polar surface area (TPSA) is 86.2 Å². The Morgan fingerprint density at radius 2 is 1.92 bits per heavy atom. The Bertz CT molecular complexity index is 336.